The zero-order valence-electron chi connectivity index (χ0n) is 17.1. The highest BCUT2D eigenvalue weighted by Crippen LogP contribution is 2.27. The molecule has 7 heteroatoms. The largest absolute Gasteiger partial charge is 0.370 e. The van der Waals surface area contributed by atoms with Crippen LogP contribution in [-0.2, 0) is 17.6 Å². The Labute approximate surface area is 186 Å². The van der Waals surface area contributed by atoms with E-state index >= 15 is 0 Å². The number of aryl methyl sites for hydroxylation is 1. The molecular weight excluding hydrogens is 465 g/mol. The van der Waals surface area contributed by atoms with E-state index in [1.54, 1.807) is 4.90 Å². The molecule has 1 aliphatic heterocycles. The lowest BCUT2D eigenvalue weighted by Gasteiger charge is -2.25. The molecule has 1 aliphatic carbocycles. The van der Waals surface area contributed by atoms with Crippen LogP contribution in [0.1, 0.15) is 43.2 Å². The molecule has 3 N–H and O–H groups in total. The Morgan fingerprint density at radius 2 is 2.07 bits per heavy atom. The maximum absolute atomic E-state index is 12.2. The SMILES string of the molecule is CN(C)C(=O)C1CCCN1CCCN=C(N)Nc1cccc2c1CCCC2.I. The standard InChI is InChI=1S/C21H33N5O.HI/c1-25(2)20(27)19-12-6-14-26(19)15-7-13-23-21(22)24-18-11-5-9-16-8-3-4-10-17(16)18;/h5,9,11,19H,3-4,6-8,10,12-15H2,1-2H3,(H3,22,23,24);1H. The van der Waals surface area contributed by atoms with Crippen molar-refractivity contribution >= 4 is 41.5 Å². The van der Waals surface area contributed by atoms with E-state index in [9.17, 15) is 4.79 Å². The Balaban J connectivity index is 0.00000280. The van der Waals surface area contributed by atoms with Crippen molar-refractivity contribution in [2.75, 3.05) is 39.0 Å². The number of likely N-dealkylation sites (N-methyl/N-ethyl adjacent to an activating group) is 1. The van der Waals surface area contributed by atoms with Crippen LogP contribution in [0.4, 0.5) is 5.69 Å². The highest BCUT2D eigenvalue weighted by molar-refractivity contribution is 14.0. The molecule has 156 valence electrons. The van der Waals surface area contributed by atoms with Gasteiger partial charge in [-0.25, -0.2) is 0 Å². The van der Waals surface area contributed by atoms with Crippen LogP contribution in [0.5, 0.6) is 0 Å². The van der Waals surface area contributed by atoms with Gasteiger partial charge in [0.05, 0.1) is 6.04 Å². The van der Waals surface area contributed by atoms with Crippen molar-refractivity contribution in [3.63, 3.8) is 0 Å². The van der Waals surface area contributed by atoms with E-state index in [4.69, 9.17) is 5.73 Å². The number of nitrogens with two attached hydrogens (primary N) is 1. The number of carbonyl (C=O) groups is 1. The Hall–Kier alpha value is -1.35. The molecule has 0 saturated carbocycles. The molecule has 1 fully saturated rings. The van der Waals surface area contributed by atoms with Crippen molar-refractivity contribution in [3.8, 4) is 0 Å². The number of anilines is 1. The Morgan fingerprint density at radius 1 is 1.29 bits per heavy atom. The maximum Gasteiger partial charge on any atom is 0.239 e. The number of carbonyl (C=O) groups excluding carboxylic acids is 1. The zero-order chi connectivity index (χ0) is 19.2. The number of aliphatic imine (C=N–C) groups is 1. The predicted molar refractivity (Wildman–Crippen MR) is 127 cm³/mol. The van der Waals surface area contributed by atoms with Gasteiger partial charge in [-0.05, 0) is 68.7 Å². The summed E-state index contributed by atoms with van der Waals surface area (Å²) in [7, 11) is 3.66. The maximum atomic E-state index is 12.2. The molecule has 1 aromatic carbocycles. The quantitative estimate of drug-likeness (QED) is 0.273. The number of fused-ring (bicyclic) bond motifs is 1. The lowest BCUT2D eigenvalue weighted by atomic mass is 9.90. The van der Waals surface area contributed by atoms with Crippen LogP contribution in [0.2, 0.25) is 0 Å². The summed E-state index contributed by atoms with van der Waals surface area (Å²) in [5.74, 6) is 0.697. The first-order valence-electron chi connectivity index (χ1n) is 10.2. The fraction of sp³-hybridized carbons (Fsp3) is 0.619. The number of guanidine groups is 1. The van der Waals surface area contributed by atoms with Gasteiger partial charge in [0.25, 0.3) is 0 Å². The minimum atomic E-state index is 0. The Kier molecular flexibility index (Phi) is 9.01. The van der Waals surface area contributed by atoms with Gasteiger partial charge >= 0.3 is 0 Å². The molecule has 2 aliphatic rings. The summed E-state index contributed by atoms with van der Waals surface area (Å²) in [6.07, 6.45) is 7.75. The van der Waals surface area contributed by atoms with Crippen LogP contribution >= 0.6 is 24.0 Å². The van der Waals surface area contributed by atoms with Gasteiger partial charge in [0.1, 0.15) is 0 Å². The van der Waals surface area contributed by atoms with E-state index in [1.165, 1.54) is 24.0 Å². The Bertz CT molecular complexity index is 691. The number of likely N-dealkylation sites (tertiary alicyclic amines) is 1. The van der Waals surface area contributed by atoms with Crippen LogP contribution < -0.4 is 11.1 Å². The lowest BCUT2D eigenvalue weighted by molar-refractivity contribution is -0.133. The molecule has 3 rings (SSSR count). The van der Waals surface area contributed by atoms with Crippen molar-refractivity contribution < 1.29 is 4.79 Å². The normalized spacial score (nSPS) is 19.6. The highest BCUT2D eigenvalue weighted by Gasteiger charge is 2.30. The van der Waals surface area contributed by atoms with Gasteiger partial charge in [0, 0.05) is 32.9 Å². The van der Waals surface area contributed by atoms with Crippen molar-refractivity contribution in [2.24, 2.45) is 10.7 Å². The van der Waals surface area contributed by atoms with E-state index in [0.717, 1.165) is 50.9 Å². The topological polar surface area (TPSA) is 74.0 Å². The molecule has 1 aromatic rings. The van der Waals surface area contributed by atoms with Crippen molar-refractivity contribution in [1.82, 2.24) is 9.80 Å². The summed E-state index contributed by atoms with van der Waals surface area (Å²) in [6, 6.07) is 6.44. The second kappa shape index (κ2) is 11.0. The number of amides is 1. The van der Waals surface area contributed by atoms with Gasteiger partial charge in [-0.2, -0.15) is 0 Å². The lowest BCUT2D eigenvalue weighted by Crippen LogP contribution is -2.43. The van der Waals surface area contributed by atoms with Gasteiger partial charge in [-0.15, -0.1) is 24.0 Å². The van der Waals surface area contributed by atoms with Crippen LogP contribution in [0.15, 0.2) is 23.2 Å². The molecule has 0 bridgehead atoms. The third-order valence-electron chi connectivity index (χ3n) is 5.63. The summed E-state index contributed by atoms with van der Waals surface area (Å²) < 4.78 is 0. The molecule has 6 nitrogen and oxygen atoms in total. The van der Waals surface area contributed by atoms with Crippen molar-refractivity contribution in [3.05, 3.63) is 29.3 Å². The van der Waals surface area contributed by atoms with Gasteiger partial charge in [0.15, 0.2) is 5.96 Å². The molecule has 1 heterocycles. The fourth-order valence-electron chi connectivity index (χ4n) is 4.22. The second-order valence-corrected chi connectivity index (χ2v) is 7.82. The number of hydrogen-bond acceptors (Lipinski definition) is 3. The van der Waals surface area contributed by atoms with Crippen LogP contribution in [0.3, 0.4) is 0 Å². The monoisotopic (exact) mass is 499 g/mol. The van der Waals surface area contributed by atoms with Gasteiger partial charge in [-0.1, -0.05) is 12.1 Å². The molecule has 0 radical (unpaired) electrons. The van der Waals surface area contributed by atoms with Crippen molar-refractivity contribution in [2.45, 2.75) is 51.0 Å². The molecule has 1 atom stereocenters. The first kappa shape index (κ1) is 22.9. The van der Waals surface area contributed by atoms with Crippen LogP contribution in [0.25, 0.3) is 0 Å². The van der Waals surface area contributed by atoms with Crippen molar-refractivity contribution in [1.29, 1.82) is 0 Å². The predicted octanol–water partition coefficient (Wildman–Crippen LogP) is 2.85. The highest BCUT2D eigenvalue weighted by atomic mass is 127. The van der Waals surface area contributed by atoms with E-state index in [-0.39, 0.29) is 35.9 Å². The number of halogens is 1. The van der Waals surface area contributed by atoms with Gasteiger partial charge in [0.2, 0.25) is 5.91 Å². The molecule has 0 spiro atoms. The third-order valence-corrected chi connectivity index (χ3v) is 5.63. The number of nitrogens with one attached hydrogen (secondary N) is 1. The van der Waals surface area contributed by atoms with E-state index in [0.29, 0.717) is 12.5 Å². The number of hydrogen-bond donors (Lipinski definition) is 2. The summed E-state index contributed by atoms with van der Waals surface area (Å²) in [6.45, 7) is 2.56. The molecule has 0 aromatic heterocycles. The molecule has 1 unspecified atom stereocenters. The Morgan fingerprint density at radius 3 is 2.86 bits per heavy atom. The first-order chi connectivity index (χ1) is 13.1. The van der Waals surface area contributed by atoms with E-state index in [2.05, 4.69) is 33.4 Å². The smallest absolute Gasteiger partial charge is 0.239 e. The minimum Gasteiger partial charge on any atom is -0.370 e. The van der Waals surface area contributed by atoms with Crippen LogP contribution in [0, 0.1) is 0 Å². The molecule has 1 amide bonds. The fourth-order valence-corrected chi connectivity index (χ4v) is 4.22. The average Bonchev–Trinajstić information content (AvgIpc) is 3.13. The number of nitrogens with zero attached hydrogens (tertiary/aromatic N) is 3. The van der Waals surface area contributed by atoms with Gasteiger partial charge < -0.3 is 16.0 Å². The molecular formula is C21H34IN5O. The third kappa shape index (κ3) is 5.83. The average molecular weight is 499 g/mol. The summed E-state index contributed by atoms with van der Waals surface area (Å²) in [4.78, 5) is 20.7. The molecule has 28 heavy (non-hydrogen) atoms. The minimum absolute atomic E-state index is 0. The molecule has 1 saturated heterocycles. The first-order valence-corrected chi connectivity index (χ1v) is 10.2. The van der Waals surface area contributed by atoms with E-state index in [1.807, 2.05) is 14.1 Å². The zero-order valence-corrected chi connectivity index (χ0v) is 19.4. The summed E-state index contributed by atoms with van der Waals surface area (Å²) in [5, 5.41) is 3.29. The van der Waals surface area contributed by atoms with E-state index < -0.39 is 0 Å². The second-order valence-electron chi connectivity index (χ2n) is 7.82. The van der Waals surface area contributed by atoms with Crippen LogP contribution in [-0.4, -0.2) is 61.4 Å². The summed E-state index contributed by atoms with van der Waals surface area (Å²) in [5.41, 5.74) is 10.0. The number of rotatable bonds is 6. The number of benzene rings is 1. The van der Waals surface area contributed by atoms with Gasteiger partial charge in [-0.3, -0.25) is 14.7 Å². The summed E-state index contributed by atoms with van der Waals surface area (Å²) >= 11 is 0.